The monoisotopic (exact) mass is 1240 g/mol. The molecule has 6 aliphatic heterocycles. The van der Waals surface area contributed by atoms with Crippen LogP contribution in [0.2, 0.25) is 0 Å². The van der Waals surface area contributed by atoms with Crippen LogP contribution in [-0.2, 0) is 26.0 Å². The van der Waals surface area contributed by atoms with Crippen molar-refractivity contribution in [3.63, 3.8) is 0 Å². The molecule has 6 fully saturated rings. The quantitative estimate of drug-likeness (QED) is 0.0510. The van der Waals surface area contributed by atoms with Crippen LogP contribution < -0.4 is 19.9 Å². The largest absolute Gasteiger partial charge is 0.497 e. The Balaban J connectivity index is 0.000000204. The minimum Gasteiger partial charge on any atom is -0.497 e. The van der Waals surface area contributed by atoms with Crippen molar-refractivity contribution in [2.24, 2.45) is 0 Å². The maximum absolute atomic E-state index is 13.2. The number of aldehydes is 1. The third kappa shape index (κ3) is 22.8. The first-order chi connectivity index (χ1) is 41.6. The number of hydrogen-bond acceptors (Lipinski definition) is 15. The number of nitro groups is 2. The average Bonchev–Trinajstić information content (AvgIpc) is 3.41. The zero-order valence-corrected chi connectivity index (χ0v) is 52.1. The van der Waals surface area contributed by atoms with Crippen molar-refractivity contribution in [1.82, 2.24) is 24.3 Å². The normalized spacial score (nSPS) is 18.7. The SMILES string of the molecule is C1CCN(C2CCNCC2)CC1.COc1cc(C)c(S(=O)(=O)N(C)CCC(=O)Cc2ccc(N3CCC(N4CCCCC4)CC3)cc2)c(C)c1.O=CC(F)(F)F.O=[N+]([O-])c1ccc(F)cc1.O=[N+]([O-])c1ccc(N2CCC(N3CCCCC3)CC2)cc1. The first-order valence-electron chi connectivity index (χ1n) is 31.0. The van der Waals surface area contributed by atoms with E-state index in [1.807, 2.05) is 24.3 Å². The number of halogens is 4. The van der Waals surface area contributed by atoms with Gasteiger partial charge in [0.1, 0.15) is 17.3 Å². The van der Waals surface area contributed by atoms with Gasteiger partial charge in [-0.3, -0.25) is 29.8 Å². The summed E-state index contributed by atoms with van der Waals surface area (Å²) in [5, 5.41) is 24.1. The van der Waals surface area contributed by atoms with Gasteiger partial charge in [0.05, 0.1) is 21.9 Å². The Bertz CT molecular complexity index is 2810. The van der Waals surface area contributed by atoms with E-state index in [0.29, 0.717) is 23.3 Å². The van der Waals surface area contributed by atoms with Crippen LogP contribution in [0.4, 0.5) is 40.3 Å². The average molecular weight is 1240 g/mol. The van der Waals surface area contributed by atoms with E-state index in [1.54, 1.807) is 45.2 Å². The fourth-order valence-corrected chi connectivity index (χ4v) is 14.1. The van der Waals surface area contributed by atoms with Crippen LogP contribution in [-0.4, -0.2) is 173 Å². The highest BCUT2D eigenvalue weighted by Crippen LogP contribution is 2.30. The second kappa shape index (κ2) is 35.2. The molecule has 0 spiro atoms. The molecule has 480 valence electrons. The van der Waals surface area contributed by atoms with Crippen LogP contribution in [0.1, 0.15) is 119 Å². The third-order valence-electron chi connectivity index (χ3n) is 17.3. The number of non-ortho nitro benzene ring substituents is 2. The van der Waals surface area contributed by atoms with Gasteiger partial charge >= 0.3 is 6.18 Å². The number of carbonyl (C=O) groups excluding carboxylic acids is 2. The number of anilines is 2. The number of Topliss-reactive ketones (excluding diaryl/α,β-unsaturated/α-hetero) is 1. The van der Waals surface area contributed by atoms with Crippen LogP contribution >= 0.6 is 0 Å². The van der Waals surface area contributed by atoms with Gasteiger partial charge in [0, 0.05) is 106 Å². The number of nitro benzene ring substituents is 2. The Hall–Kier alpha value is -6.11. The van der Waals surface area contributed by atoms with E-state index in [-0.39, 0.29) is 39.9 Å². The van der Waals surface area contributed by atoms with Crippen molar-refractivity contribution in [2.45, 2.75) is 152 Å². The fourth-order valence-electron chi connectivity index (χ4n) is 12.5. The number of piperidine rings is 6. The number of ether oxygens (including phenoxy) is 1. The second-order valence-corrected chi connectivity index (χ2v) is 25.4. The number of alkyl halides is 3. The van der Waals surface area contributed by atoms with E-state index in [0.717, 1.165) is 79.8 Å². The standard InChI is InChI=1S/C30H43N3O4S.C16H23N3O2.C10H20N2.C6H4FNO2.C2HF3O/c1-23-20-29(37-4)21-24(2)30(23)38(35,36)31(3)17-14-28(34)22-25-8-10-26(11-9-25)33-18-12-27(13-19-33)32-15-6-5-7-16-32;20-19(21)16-6-4-14(5-7-16)18-12-8-15(9-13-18)17-10-2-1-3-11-17;1-2-8-12(9-3-1)10-4-6-11-7-5-10;7-5-1-3-6(4-2-5)8(9)10;3-2(4,5)1-6/h8-11,20-21,27H,5-7,12-19,22H2,1-4H3;4-7,15H,1-3,8-13H2;10-11H,1-9H2;1-4H;1H. The number of aryl methyl sites for hydroxylation is 2. The molecule has 4 aromatic rings. The molecule has 0 radical (unpaired) electrons. The summed E-state index contributed by atoms with van der Waals surface area (Å²) >= 11 is 0. The molecular formula is C64H91F4N9O9S. The molecule has 0 amide bonds. The van der Waals surface area contributed by atoms with Crippen molar-refractivity contribution in [2.75, 3.05) is 109 Å². The number of methoxy groups -OCH3 is 1. The molecular weight excluding hydrogens is 1150 g/mol. The van der Waals surface area contributed by atoms with E-state index in [1.165, 1.54) is 166 Å². The predicted octanol–water partition coefficient (Wildman–Crippen LogP) is 11.3. The Labute approximate surface area is 511 Å². The number of carbonyl (C=O) groups is 2. The summed E-state index contributed by atoms with van der Waals surface area (Å²) in [7, 11) is -0.607. The van der Waals surface area contributed by atoms with Gasteiger partial charge in [-0.2, -0.15) is 13.2 Å². The van der Waals surface area contributed by atoms with Crippen molar-refractivity contribution < 1.29 is 50.2 Å². The summed E-state index contributed by atoms with van der Waals surface area (Å²) < 4.78 is 76.3. The van der Waals surface area contributed by atoms with Gasteiger partial charge in [0.15, 0.2) is 0 Å². The number of likely N-dealkylation sites (tertiary alicyclic amines) is 3. The first-order valence-corrected chi connectivity index (χ1v) is 32.4. The van der Waals surface area contributed by atoms with Gasteiger partial charge in [-0.25, -0.2) is 17.1 Å². The van der Waals surface area contributed by atoms with Crippen molar-refractivity contribution in [3.05, 3.63) is 128 Å². The first kappa shape index (κ1) is 70.0. The number of sulfonamides is 1. The summed E-state index contributed by atoms with van der Waals surface area (Å²) in [5.74, 6) is 0.195. The number of rotatable bonds is 15. The molecule has 0 unspecified atom stereocenters. The Morgan fingerprint density at radius 2 is 1.00 bits per heavy atom. The van der Waals surface area contributed by atoms with E-state index < -0.39 is 33.2 Å². The lowest BCUT2D eigenvalue weighted by atomic mass is 9.99. The molecule has 18 nitrogen and oxygen atoms in total. The van der Waals surface area contributed by atoms with Gasteiger partial charge in [-0.05, 0) is 208 Å². The lowest BCUT2D eigenvalue weighted by molar-refractivity contribution is -0.385. The lowest BCUT2D eigenvalue weighted by Crippen LogP contribution is -2.46. The van der Waals surface area contributed by atoms with Crippen LogP contribution in [0.15, 0.2) is 89.8 Å². The number of ketones is 1. The maximum Gasteiger partial charge on any atom is 0.446 e. The molecule has 0 aliphatic carbocycles. The van der Waals surface area contributed by atoms with Crippen LogP contribution in [0, 0.1) is 39.9 Å². The molecule has 0 aromatic heterocycles. The van der Waals surface area contributed by atoms with Crippen molar-refractivity contribution in [1.29, 1.82) is 0 Å². The predicted molar refractivity (Wildman–Crippen MR) is 333 cm³/mol. The summed E-state index contributed by atoms with van der Waals surface area (Å²) in [6, 6.07) is 25.4. The van der Waals surface area contributed by atoms with E-state index in [4.69, 9.17) is 9.53 Å². The summed E-state index contributed by atoms with van der Waals surface area (Å²) in [5.41, 5.74) is 4.64. The molecule has 0 saturated carbocycles. The molecule has 6 saturated heterocycles. The highest BCUT2D eigenvalue weighted by atomic mass is 32.2. The fraction of sp³-hybridized carbons (Fsp3) is 0.594. The van der Waals surface area contributed by atoms with Crippen molar-refractivity contribution >= 4 is 44.8 Å². The number of nitrogens with one attached hydrogen (secondary N) is 1. The van der Waals surface area contributed by atoms with E-state index >= 15 is 0 Å². The van der Waals surface area contributed by atoms with Gasteiger partial charge in [-0.15, -0.1) is 0 Å². The Morgan fingerprint density at radius 1 is 0.632 bits per heavy atom. The molecule has 0 bridgehead atoms. The van der Waals surface area contributed by atoms with Gasteiger partial charge in [0.2, 0.25) is 16.3 Å². The van der Waals surface area contributed by atoms with Gasteiger partial charge in [0.25, 0.3) is 11.4 Å². The molecule has 1 N–H and O–H groups in total. The molecule has 10 rings (SSSR count). The molecule has 4 aromatic carbocycles. The summed E-state index contributed by atoms with van der Waals surface area (Å²) in [6.07, 6.45) is 14.9. The van der Waals surface area contributed by atoms with E-state index in [2.05, 4.69) is 41.9 Å². The topological polar surface area (TPSA) is 195 Å². The second-order valence-electron chi connectivity index (χ2n) is 23.4. The van der Waals surface area contributed by atoms with Crippen LogP contribution in [0.25, 0.3) is 0 Å². The minimum atomic E-state index is -4.64. The van der Waals surface area contributed by atoms with Crippen LogP contribution in [0.5, 0.6) is 5.75 Å². The lowest BCUT2D eigenvalue weighted by Gasteiger charge is -2.41. The Kier molecular flexibility index (Phi) is 28.3. The van der Waals surface area contributed by atoms with Gasteiger partial charge < -0.3 is 34.6 Å². The minimum absolute atomic E-state index is 0.0327. The molecule has 0 atom stereocenters. The Morgan fingerprint density at radius 3 is 1.37 bits per heavy atom. The number of hydrogen-bond donors (Lipinski definition) is 1. The third-order valence-corrected chi connectivity index (χ3v) is 19.5. The highest BCUT2D eigenvalue weighted by Gasteiger charge is 2.30. The zero-order chi connectivity index (χ0) is 62.9. The highest BCUT2D eigenvalue weighted by molar-refractivity contribution is 7.89. The smallest absolute Gasteiger partial charge is 0.446 e. The van der Waals surface area contributed by atoms with Crippen LogP contribution in [0.3, 0.4) is 0 Å². The van der Waals surface area contributed by atoms with Gasteiger partial charge in [-0.1, -0.05) is 31.4 Å². The molecule has 23 heteroatoms. The summed E-state index contributed by atoms with van der Waals surface area (Å²) in [6.45, 7) is 18.2. The maximum atomic E-state index is 13.2. The molecule has 6 heterocycles. The zero-order valence-electron chi connectivity index (χ0n) is 51.3. The molecule has 87 heavy (non-hydrogen) atoms. The number of nitrogens with zero attached hydrogens (tertiary/aromatic N) is 8. The van der Waals surface area contributed by atoms with E-state index in [9.17, 15) is 51.0 Å². The number of benzene rings is 4. The molecule has 6 aliphatic rings. The summed E-state index contributed by atoms with van der Waals surface area (Å²) in [4.78, 5) is 54.4. The van der Waals surface area contributed by atoms with Crippen molar-refractivity contribution in [3.8, 4) is 5.75 Å².